The molecular formula is C11H10N6O2. The Labute approximate surface area is 107 Å². The van der Waals surface area contributed by atoms with Gasteiger partial charge in [0.2, 0.25) is 0 Å². The number of aromatic amines is 1. The van der Waals surface area contributed by atoms with E-state index in [1.54, 1.807) is 12.1 Å². The number of nitrogens with one attached hydrogen (secondary N) is 2. The van der Waals surface area contributed by atoms with Gasteiger partial charge in [-0.2, -0.15) is 5.26 Å². The summed E-state index contributed by atoms with van der Waals surface area (Å²) in [6, 6.07) is 6.32. The first-order valence-electron chi connectivity index (χ1n) is 5.46. The van der Waals surface area contributed by atoms with Crippen LogP contribution >= 0.6 is 0 Å². The van der Waals surface area contributed by atoms with Crippen LogP contribution in [0.5, 0.6) is 0 Å². The maximum atomic E-state index is 11.4. The molecule has 0 aliphatic heterocycles. The quantitative estimate of drug-likeness (QED) is 0.749. The topological polar surface area (TPSA) is 116 Å². The molecule has 0 fully saturated rings. The Balaban J connectivity index is 1.94. The van der Waals surface area contributed by atoms with Crippen LogP contribution in [0.3, 0.4) is 0 Å². The molecule has 0 saturated carbocycles. The van der Waals surface area contributed by atoms with Crippen LogP contribution in [-0.4, -0.2) is 26.3 Å². The van der Waals surface area contributed by atoms with Gasteiger partial charge in [-0.3, -0.25) is 14.3 Å². The molecule has 0 saturated heterocycles. The molecule has 0 aromatic carbocycles. The van der Waals surface area contributed by atoms with Crippen LogP contribution in [0.15, 0.2) is 34.0 Å². The summed E-state index contributed by atoms with van der Waals surface area (Å²) in [6.45, 7) is 0.809. The molecule has 0 unspecified atom stereocenters. The van der Waals surface area contributed by atoms with Crippen LogP contribution in [0.1, 0.15) is 5.69 Å². The van der Waals surface area contributed by atoms with Crippen LogP contribution in [0.4, 0.5) is 5.82 Å². The van der Waals surface area contributed by atoms with Crippen molar-refractivity contribution in [2.24, 2.45) is 0 Å². The molecule has 2 aromatic rings. The molecule has 19 heavy (non-hydrogen) atoms. The normalized spacial score (nSPS) is 9.84. The van der Waals surface area contributed by atoms with E-state index in [9.17, 15) is 9.59 Å². The Morgan fingerprint density at radius 2 is 2.16 bits per heavy atom. The van der Waals surface area contributed by atoms with E-state index in [1.165, 1.54) is 16.8 Å². The average Bonchev–Trinajstić information content (AvgIpc) is 2.42. The van der Waals surface area contributed by atoms with E-state index < -0.39 is 11.2 Å². The second kappa shape index (κ2) is 5.59. The number of H-pyrrole nitrogens is 1. The number of aromatic nitrogens is 4. The highest BCUT2D eigenvalue weighted by Gasteiger charge is 1.98. The van der Waals surface area contributed by atoms with E-state index in [0.717, 1.165) is 0 Å². The zero-order valence-corrected chi connectivity index (χ0v) is 9.83. The minimum Gasteiger partial charge on any atom is -0.367 e. The van der Waals surface area contributed by atoms with E-state index in [1.807, 2.05) is 6.07 Å². The molecule has 0 amide bonds. The van der Waals surface area contributed by atoms with E-state index in [2.05, 4.69) is 20.5 Å². The maximum absolute atomic E-state index is 11.4. The van der Waals surface area contributed by atoms with Gasteiger partial charge in [-0.05, 0) is 12.1 Å². The third-order valence-electron chi connectivity index (χ3n) is 2.33. The summed E-state index contributed by atoms with van der Waals surface area (Å²) in [5.74, 6) is 0.511. The summed E-state index contributed by atoms with van der Waals surface area (Å²) in [6.07, 6.45) is 1.42. The van der Waals surface area contributed by atoms with Crippen LogP contribution < -0.4 is 16.6 Å². The molecule has 2 aromatic heterocycles. The van der Waals surface area contributed by atoms with Crippen LogP contribution in [0.2, 0.25) is 0 Å². The summed E-state index contributed by atoms with van der Waals surface area (Å²) < 4.78 is 1.37. The first-order chi connectivity index (χ1) is 9.19. The molecule has 0 spiro atoms. The molecule has 2 heterocycles. The Bertz CT molecular complexity index is 709. The SMILES string of the molecule is N#Cc1ccc(NCCn2ccc(=O)[nH]c2=O)nn1. The lowest BCUT2D eigenvalue weighted by Crippen LogP contribution is -2.30. The molecule has 0 aliphatic rings. The lowest BCUT2D eigenvalue weighted by atomic mass is 10.4. The summed E-state index contributed by atoms with van der Waals surface area (Å²) >= 11 is 0. The fourth-order valence-electron chi connectivity index (χ4n) is 1.41. The van der Waals surface area contributed by atoms with Gasteiger partial charge in [0.25, 0.3) is 5.56 Å². The molecular weight excluding hydrogens is 248 g/mol. The molecule has 0 aliphatic carbocycles. The van der Waals surface area contributed by atoms with Crippen LogP contribution in [0.25, 0.3) is 0 Å². The predicted octanol–water partition coefficient (Wildman–Crippen LogP) is -0.690. The van der Waals surface area contributed by atoms with Gasteiger partial charge in [-0.1, -0.05) is 0 Å². The summed E-state index contributed by atoms with van der Waals surface area (Å²) in [5, 5.41) is 19.0. The lowest BCUT2D eigenvalue weighted by molar-refractivity contribution is 0.667. The van der Waals surface area contributed by atoms with Crippen LogP contribution in [0, 0.1) is 11.3 Å². The molecule has 96 valence electrons. The molecule has 2 N–H and O–H groups in total. The van der Waals surface area contributed by atoms with Gasteiger partial charge in [-0.15, -0.1) is 10.2 Å². The molecule has 0 bridgehead atoms. The van der Waals surface area contributed by atoms with Crippen molar-refractivity contribution in [3.63, 3.8) is 0 Å². The van der Waals surface area contributed by atoms with Crippen molar-refractivity contribution >= 4 is 5.82 Å². The number of nitrogens with zero attached hydrogens (tertiary/aromatic N) is 4. The van der Waals surface area contributed by atoms with Gasteiger partial charge in [0.1, 0.15) is 11.9 Å². The third-order valence-corrected chi connectivity index (χ3v) is 2.33. The van der Waals surface area contributed by atoms with Crippen molar-refractivity contribution in [2.45, 2.75) is 6.54 Å². The molecule has 0 atom stereocenters. The second-order valence-corrected chi connectivity index (χ2v) is 3.65. The largest absolute Gasteiger partial charge is 0.367 e. The van der Waals surface area contributed by atoms with Crippen molar-refractivity contribution in [2.75, 3.05) is 11.9 Å². The number of hydrogen-bond acceptors (Lipinski definition) is 6. The number of anilines is 1. The zero-order valence-electron chi connectivity index (χ0n) is 9.83. The fourth-order valence-corrected chi connectivity index (χ4v) is 1.41. The Morgan fingerprint density at radius 3 is 2.79 bits per heavy atom. The van der Waals surface area contributed by atoms with Crippen molar-refractivity contribution in [3.05, 3.63) is 50.9 Å². The third kappa shape index (κ3) is 3.26. The minimum absolute atomic E-state index is 0.238. The standard InChI is InChI=1S/C11H10N6O2/c12-7-8-1-2-9(16-15-8)13-4-6-17-5-3-10(18)14-11(17)19/h1-3,5H,4,6H2,(H,13,16)(H,14,18,19). The van der Waals surface area contributed by atoms with Gasteiger partial charge in [0.15, 0.2) is 5.69 Å². The molecule has 2 rings (SSSR count). The smallest absolute Gasteiger partial charge is 0.328 e. The van der Waals surface area contributed by atoms with Gasteiger partial charge in [0.05, 0.1) is 0 Å². The van der Waals surface area contributed by atoms with Crippen LogP contribution in [-0.2, 0) is 6.54 Å². The zero-order chi connectivity index (χ0) is 13.7. The molecule has 8 nitrogen and oxygen atoms in total. The number of hydrogen-bond donors (Lipinski definition) is 2. The van der Waals surface area contributed by atoms with E-state index in [-0.39, 0.29) is 5.69 Å². The Hall–Kier alpha value is -2.95. The first-order valence-corrected chi connectivity index (χ1v) is 5.46. The minimum atomic E-state index is -0.458. The van der Waals surface area contributed by atoms with Gasteiger partial charge < -0.3 is 5.32 Å². The van der Waals surface area contributed by atoms with Gasteiger partial charge in [-0.25, -0.2) is 4.79 Å². The highest BCUT2D eigenvalue weighted by atomic mass is 16.2. The van der Waals surface area contributed by atoms with Gasteiger partial charge in [0, 0.05) is 25.4 Å². The maximum Gasteiger partial charge on any atom is 0.328 e. The van der Waals surface area contributed by atoms with Crippen molar-refractivity contribution in [1.29, 1.82) is 5.26 Å². The summed E-state index contributed by atoms with van der Waals surface area (Å²) in [7, 11) is 0. The highest BCUT2D eigenvalue weighted by Crippen LogP contribution is 2.00. The molecule has 0 radical (unpaired) electrons. The van der Waals surface area contributed by atoms with Crippen molar-refractivity contribution < 1.29 is 0 Å². The predicted molar refractivity (Wildman–Crippen MR) is 66.6 cm³/mol. The Morgan fingerprint density at radius 1 is 1.32 bits per heavy atom. The summed E-state index contributed by atoms with van der Waals surface area (Å²) in [5.41, 5.74) is -0.644. The van der Waals surface area contributed by atoms with Gasteiger partial charge >= 0.3 is 5.69 Å². The average molecular weight is 258 g/mol. The van der Waals surface area contributed by atoms with E-state index >= 15 is 0 Å². The highest BCUT2D eigenvalue weighted by molar-refractivity contribution is 5.34. The number of rotatable bonds is 4. The van der Waals surface area contributed by atoms with Crippen molar-refractivity contribution in [1.82, 2.24) is 19.7 Å². The summed E-state index contributed by atoms with van der Waals surface area (Å²) in [4.78, 5) is 24.4. The van der Waals surface area contributed by atoms with Crippen molar-refractivity contribution in [3.8, 4) is 6.07 Å². The Kier molecular flexibility index (Phi) is 3.68. The first kappa shape index (κ1) is 12.5. The fraction of sp³-hybridized carbons (Fsp3) is 0.182. The monoisotopic (exact) mass is 258 g/mol. The second-order valence-electron chi connectivity index (χ2n) is 3.65. The van der Waals surface area contributed by atoms with E-state index in [0.29, 0.717) is 18.9 Å². The lowest BCUT2D eigenvalue weighted by Gasteiger charge is -2.06. The van der Waals surface area contributed by atoms with E-state index in [4.69, 9.17) is 5.26 Å². The molecule has 8 heteroatoms. The number of nitriles is 1.